The molecular formula is C19H18N2O6. The van der Waals surface area contributed by atoms with Crippen LogP contribution in [0.25, 0.3) is 0 Å². The molecule has 1 aliphatic rings. The molecule has 0 saturated carbocycles. The number of ether oxygens (including phenoxy) is 1. The number of carboxylic acids is 1. The van der Waals surface area contributed by atoms with Crippen molar-refractivity contribution >= 4 is 17.6 Å². The van der Waals surface area contributed by atoms with E-state index < -0.39 is 22.5 Å². The average molecular weight is 370 g/mol. The maximum absolute atomic E-state index is 12.7. The summed E-state index contributed by atoms with van der Waals surface area (Å²) in [5.41, 5.74) is 1.06. The van der Waals surface area contributed by atoms with E-state index in [0.29, 0.717) is 13.0 Å². The van der Waals surface area contributed by atoms with E-state index in [1.54, 1.807) is 0 Å². The first-order valence-electron chi connectivity index (χ1n) is 8.49. The van der Waals surface area contributed by atoms with E-state index in [9.17, 15) is 19.7 Å². The number of non-ortho nitro benzene ring substituents is 1. The lowest BCUT2D eigenvalue weighted by Crippen LogP contribution is -2.32. The zero-order chi connectivity index (χ0) is 19.6. The molecule has 0 aromatic heterocycles. The van der Waals surface area contributed by atoms with Crippen LogP contribution < -0.4 is 10.1 Å². The zero-order valence-electron chi connectivity index (χ0n) is 14.6. The van der Waals surface area contributed by atoms with E-state index in [1.165, 1.54) is 0 Å². The number of carbonyl (C=O) groups is 2. The van der Waals surface area contributed by atoms with E-state index in [4.69, 9.17) is 9.84 Å². The minimum Gasteiger partial charge on any atom is -0.493 e. The Kier molecular flexibility index (Phi) is 5.07. The van der Waals surface area contributed by atoms with Gasteiger partial charge in [-0.15, -0.1) is 0 Å². The van der Waals surface area contributed by atoms with Crippen LogP contribution in [0.1, 0.15) is 51.2 Å². The van der Waals surface area contributed by atoms with Crippen molar-refractivity contribution in [2.45, 2.75) is 25.8 Å². The van der Waals surface area contributed by atoms with Gasteiger partial charge in [-0.1, -0.05) is 25.1 Å². The van der Waals surface area contributed by atoms with Crippen molar-refractivity contribution in [1.82, 2.24) is 5.32 Å². The molecule has 0 saturated heterocycles. The Balaban J connectivity index is 1.91. The van der Waals surface area contributed by atoms with Crippen LogP contribution in [0.5, 0.6) is 5.75 Å². The first-order chi connectivity index (χ1) is 12.9. The lowest BCUT2D eigenvalue weighted by atomic mass is 9.96. The molecule has 0 radical (unpaired) electrons. The number of nitro benzene ring substituents is 1. The van der Waals surface area contributed by atoms with Crippen molar-refractivity contribution < 1.29 is 24.4 Å². The van der Waals surface area contributed by atoms with Crippen molar-refractivity contribution in [3.63, 3.8) is 0 Å². The quantitative estimate of drug-likeness (QED) is 0.616. The lowest BCUT2D eigenvalue weighted by molar-refractivity contribution is -0.384. The number of nitro groups is 1. The average Bonchev–Trinajstić information content (AvgIpc) is 2.67. The Labute approximate surface area is 154 Å². The molecule has 27 heavy (non-hydrogen) atoms. The number of carbonyl (C=O) groups excluding carboxylic acids is 1. The Morgan fingerprint density at radius 2 is 2.04 bits per heavy atom. The number of hydrogen-bond donors (Lipinski definition) is 2. The topological polar surface area (TPSA) is 119 Å². The predicted octanol–water partition coefficient (Wildman–Crippen LogP) is 3.11. The molecule has 3 rings (SSSR count). The summed E-state index contributed by atoms with van der Waals surface area (Å²) in [5.74, 6) is -1.15. The number of nitrogens with zero attached hydrogens (tertiary/aromatic N) is 1. The highest BCUT2D eigenvalue weighted by atomic mass is 16.6. The molecule has 2 N–H and O–H groups in total. The number of aromatic carboxylic acids is 1. The van der Waals surface area contributed by atoms with Gasteiger partial charge in [0.25, 0.3) is 11.6 Å². The van der Waals surface area contributed by atoms with E-state index in [2.05, 4.69) is 5.32 Å². The van der Waals surface area contributed by atoms with Gasteiger partial charge in [-0.2, -0.15) is 0 Å². The van der Waals surface area contributed by atoms with Crippen LogP contribution in [0.15, 0.2) is 36.4 Å². The van der Waals surface area contributed by atoms with Gasteiger partial charge in [0.2, 0.25) is 0 Å². The van der Waals surface area contributed by atoms with Gasteiger partial charge < -0.3 is 15.2 Å². The molecule has 1 aliphatic heterocycles. The van der Waals surface area contributed by atoms with Gasteiger partial charge in [-0.25, -0.2) is 4.79 Å². The van der Waals surface area contributed by atoms with E-state index in [0.717, 1.165) is 41.5 Å². The van der Waals surface area contributed by atoms with Crippen molar-refractivity contribution in [1.29, 1.82) is 0 Å². The second kappa shape index (κ2) is 7.45. The second-order valence-corrected chi connectivity index (χ2v) is 6.18. The van der Waals surface area contributed by atoms with Gasteiger partial charge in [-0.3, -0.25) is 14.9 Å². The monoisotopic (exact) mass is 370 g/mol. The Bertz CT molecular complexity index is 892. The summed E-state index contributed by atoms with van der Waals surface area (Å²) in [4.78, 5) is 34.2. The SMILES string of the molecule is CCc1cccc2c1OCCC2NC(=O)c1cc(C(=O)O)cc([N+](=O)[O-])c1. The Morgan fingerprint density at radius 3 is 2.70 bits per heavy atom. The minimum absolute atomic E-state index is 0.0683. The smallest absolute Gasteiger partial charge is 0.335 e. The van der Waals surface area contributed by atoms with Crippen molar-refractivity contribution in [2.75, 3.05) is 6.61 Å². The molecule has 8 nitrogen and oxygen atoms in total. The first-order valence-corrected chi connectivity index (χ1v) is 8.49. The number of amides is 1. The fourth-order valence-corrected chi connectivity index (χ4v) is 3.13. The third kappa shape index (κ3) is 3.74. The molecule has 0 bridgehead atoms. The standard InChI is InChI=1S/C19H18N2O6/c1-2-11-4-3-5-15-16(6-7-27-17(11)15)20-18(22)12-8-13(19(23)24)10-14(9-12)21(25)26/h3-5,8-10,16H,2,6-7H2,1H3,(H,20,22)(H,23,24). The number of carboxylic acid groups (broad SMARTS) is 1. The lowest BCUT2D eigenvalue weighted by Gasteiger charge is -2.28. The number of rotatable bonds is 5. The molecule has 1 unspecified atom stereocenters. The van der Waals surface area contributed by atoms with Crippen molar-refractivity contribution in [3.05, 3.63) is 68.8 Å². The largest absolute Gasteiger partial charge is 0.493 e. The van der Waals surface area contributed by atoms with Crippen LogP contribution in [0.3, 0.4) is 0 Å². The Morgan fingerprint density at radius 1 is 1.30 bits per heavy atom. The van der Waals surface area contributed by atoms with Gasteiger partial charge in [0.1, 0.15) is 5.75 Å². The summed E-state index contributed by atoms with van der Waals surface area (Å²) < 4.78 is 5.75. The Hall–Kier alpha value is -3.42. The molecule has 1 amide bonds. The minimum atomic E-state index is -1.34. The highest BCUT2D eigenvalue weighted by molar-refractivity contribution is 5.98. The first kappa shape index (κ1) is 18.4. The molecule has 0 aliphatic carbocycles. The molecule has 0 fully saturated rings. The second-order valence-electron chi connectivity index (χ2n) is 6.18. The molecular weight excluding hydrogens is 352 g/mol. The van der Waals surface area contributed by atoms with Gasteiger partial charge in [0.05, 0.1) is 23.1 Å². The van der Waals surface area contributed by atoms with Crippen molar-refractivity contribution in [2.24, 2.45) is 0 Å². The van der Waals surface area contributed by atoms with Crippen LogP contribution in [0.4, 0.5) is 5.69 Å². The molecule has 2 aromatic rings. The van der Waals surface area contributed by atoms with E-state index in [1.807, 2.05) is 25.1 Å². The third-order valence-corrected chi connectivity index (χ3v) is 4.48. The molecule has 2 aromatic carbocycles. The summed E-state index contributed by atoms with van der Waals surface area (Å²) in [6.07, 6.45) is 1.34. The number of nitrogens with one attached hydrogen (secondary N) is 1. The number of benzene rings is 2. The summed E-state index contributed by atoms with van der Waals surface area (Å²) in [5, 5.41) is 23.0. The van der Waals surface area contributed by atoms with Gasteiger partial charge in [-0.05, 0) is 18.1 Å². The van der Waals surface area contributed by atoms with Gasteiger partial charge in [0, 0.05) is 29.7 Å². The number of para-hydroxylation sites is 1. The third-order valence-electron chi connectivity index (χ3n) is 4.48. The van der Waals surface area contributed by atoms with Crippen LogP contribution in [-0.2, 0) is 6.42 Å². The van der Waals surface area contributed by atoms with Crippen LogP contribution in [-0.4, -0.2) is 28.5 Å². The molecule has 0 spiro atoms. The maximum Gasteiger partial charge on any atom is 0.335 e. The fourth-order valence-electron chi connectivity index (χ4n) is 3.13. The fraction of sp³-hybridized carbons (Fsp3) is 0.263. The number of fused-ring (bicyclic) bond motifs is 1. The van der Waals surface area contributed by atoms with Crippen LogP contribution in [0.2, 0.25) is 0 Å². The zero-order valence-corrected chi connectivity index (χ0v) is 14.6. The molecule has 1 heterocycles. The van der Waals surface area contributed by atoms with Gasteiger partial charge >= 0.3 is 5.97 Å². The normalized spacial score (nSPS) is 15.4. The summed E-state index contributed by atoms with van der Waals surface area (Å²) in [6, 6.07) is 8.54. The van der Waals surface area contributed by atoms with E-state index >= 15 is 0 Å². The summed E-state index contributed by atoms with van der Waals surface area (Å²) >= 11 is 0. The highest BCUT2D eigenvalue weighted by Gasteiger charge is 2.26. The molecule has 140 valence electrons. The van der Waals surface area contributed by atoms with Crippen LogP contribution in [0, 0.1) is 10.1 Å². The highest BCUT2D eigenvalue weighted by Crippen LogP contribution is 2.35. The van der Waals surface area contributed by atoms with Crippen molar-refractivity contribution in [3.8, 4) is 5.75 Å². The molecule has 1 atom stereocenters. The molecule has 8 heteroatoms. The summed E-state index contributed by atoms with van der Waals surface area (Å²) in [7, 11) is 0. The van der Waals surface area contributed by atoms with Gasteiger partial charge in [0.15, 0.2) is 0 Å². The predicted molar refractivity (Wildman–Crippen MR) is 96.2 cm³/mol. The number of aryl methyl sites for hydroxylation is 1. The summed E-state index contributed by atoms with van der Waals surface area (Å²) in [6.45, 7) is 2.45. The van der Waals surface area contributed by atoms with Crippen LogP contribution >= 0.6 is 0 Å². The maximum atomic E-state index is 12.7. The number of hydrogen-bond acceptors (Lipinski definition) is 5. The van der Waals surface area contributed by atoms with E-state index in [-0.39, 0.29) is 17.2 Å².